The molecular formula is C19H24N2O3. The number of pyridine rings is 1. The molecule has 2 aromatic rings. The van der Waals surface area contributed by atoms with Gasteiger partial charge in [0.1, 0.15) is 0 Å². The van der Waals surface area contributed by atoms with Crippen molar-refractivity contribution in [1.82, 2.24) is 9.88 Å². The number of aromatic nitrogens is 1. The standard InChI is InChI=1S/C19H24N2O3/c1-21-12-9-14-15(7-6-8-16(14)18(21)23)17(22)20-13-19(24)10-4-2-3-5-11-19/h6-9,12,24H,2-5,10-11,13H2,1H3,(H,20,22). The van der Waals surface area contributed by atoms with Crippen LogP contribution in [-0.4, -0.2) is 27.7 Å². The molecule has 0 radical (unpaired) electrons. The summed E-state index contributed by atoms with van der Waals surface area (Å²) in [5, 5.41) is 14.7. The van der Waals surface area contributed by atoms with E-state index < -0.39 is 5.60 Å². The van der Waals surface area contributed by atoms with E-state index in [9.17, 15) is 14.7 Å². The second-order valence-corrected chi connectivity index (χ2v) is 6.82. The van der Waals surface area contributed by atoms with Crippen molar-refractivity contribution in [3.63, 3.8) is 0 Å². The third-order valence-corrected chi connectivity index (χ3v) is 4.98. The van der Waals surface area contributed by atoms with Crippen molar-refractivity contribution in [3.05, 3.63) is 46.4 Å². The largest absolute Gasteiger partial charge is 0.388 e. The summed E-state index contributed by atoms with van der Waals surface area (Å²) in [6.45, 7) is 0.257. The average Bonchev–Trinajstić information content (AvgIpc) is 2.81. The van der Waals surface area contributed by atoms with Gasteiger partial charge in [-0.2, -0.15) is 0 Å². The number of aliphatic hydroxyl groups is 1. The van der Waals surface area contributed by atoms with E-state index in [2.05, 4.69) is 5.32 Å². The third-order valence-electron chi connectivity index (χ3n) is 4.98. The first-order valence-electron chi connectivity index (χ1n) is 8.59. The van der Waals surface area contributed by atoms with E-state index in [4.69, 9.17) is 0 Å². The Labute approximate surface area is 141 Å². The minimum absolute atomic E-state index is 0.121. The fourth-order valence-corrected chi connectivity index (χ4v) is 3.48. The molecule has 1 aromatic carbocycles. The van der Waals surface area contributed by atoms with E-state index in [1.165, 1.54) is 4.57 Å². The molecule has 1 aliphatic rings. The second kappa shape index (κ2) is 6.77. The number of carbonyl (C=O) groups excluding carboxylic acids is 1. The molecule has 2 N–H and O–H groups in total. The van der Waals surface area contributed by atoms with Crippen molar-refractivity contribution in [2.75, 3.05) is 6.54 Å². The summed E-state index contributed by atoms with van der Waals surface area (Å²) < 4.78 is 1.50. The van der Waals surface area contributed by atoms with E-state index in [0.29, 0.717) is 16.3 Å². The number of nitrogens with zero attached hydrogens (tertiary/aromatic N) is 1. The zero-order valence-corrected chi connectivity index (χ0v) is 14.0. The van der Waals surface area contributed by atoms with Crippen molar-refractivity contribution < 1.29 is 9.90 Å². The van der Waals surface area contributed by atoms with Gasteiger partial charge in [0.15, 0.2) is 0 Å². The predicted molar refractivity (Wildman–Crippen MR) is 94.2 cm³/mol. The summed E-state index contributed by atoms with van der Waals surface area (Å²) in [5.41, 5.74) is -0.459. The first kappa shape index (κ1) is 16.7. The smallest absolute Gasteiger partial charge is 0.258 e. The van der Waals surface area contributed by atoms with Gasteiger partial charge < -0.3 is 15.0 Å². The normalized spacial score (nSPS) is 17.4. The van der Waals surface area contributed by atoms with Crippen molar-refractivity contribution in [2.45, 2.75) is 44.1 Å². The van der Waals surface area contributed by atoms with Crippen LogP contribution >= 0.6 is 0 Å². The molecule has 1 fully saturated rings. The lowest BCUT2D eigenvalue weighted by Crippen LogP contribution is -2.42. The Morgan fingerprint density at radius 2 is 1.88 bits per heavy atom. The SMILES string of the molecule is Cn1ccc2c(C(=O)NCC3(O)CCCCCC3)cccc2c1=O. The van der Waals surface area contributed by atoms with Gasteiger partial charge in [-0.25, -0.2) is 0 Å². The highest BCUT2D eigenvalue weighted by atomic mass is 16.3. The zero-order valence-electron chi connectivity index (χ0n) is 14.0. The van der Waals surface area contributed by atoms with Gasteiger partial charge in [0.25, 0.3) is 11.5 Å². The molecule has 1 saturated carbocycles. The van der Waals surface area contributed by atoms with Crippen LogP contribution in [0.15, 0.2) is 35.3 Å². The lowest BCUT2D eigenvalue weighted by Gasteiger charge is -2.26. The van der Waals surface area contributed by atoms with E-state index in [1.54, 1.807) is 37.5 Å². The Kier molecular flexibility index (Phi) is 4.71. The van der Waals surface area contributed by atoms with Crippen molar-refractivity contribution in [2.24, 2.45) is 7.05 Å². The van der Waals surface area contributed by atoms with Crippen LogP contribution in [0.4, 0.5) is 0 Å². The van der Waals surface area contributed by atoms with Gasteiger partial charge in [-0.15, -0.1) is 0 Å². The minimum Gasteiger partial charge on any atom is -0.388 e. The maximum absolute atomic E-state index is 12.6. The molecule has 0 bridgehead atoms. The van der Waals surface area contributed by atoms with Crippen LogP contribution in [0.2, 0.25) is 0 Å². The maximum atomic E-state index is 12.6. The van der Waals surface area contributed by atoms with Crippen LogP contribution in [0.1, 0.15) is 48.9 Å². The van der Waals surface area contributed by atoms with E-state index in [-0.39, 0.29) is 18.0 Å². The minimum atomic E-state index is -0.813. The molecule has 128 valence electrons. The number of aryl methyl sites for hydroxylation is 1. The number of nitrogens with one attached hydrogen (secondary N) is 1. The molecule has 0 spiro atoms. The highest BCUT2D eigenvalue weighted by molar-refractivity contribution is 6.06. The molecule has 1 aromatic heterocycles. The van der Waals surface area contributed by atoms with Gasteiger partial charge in [0, 0.05) is 36.1 Å². The molecule has 0 aliphatic heterocycles. The second-order valence-electron chi connectivity index (χ2n) is 6.82. The molecule has 0 unspecified atom stereocenters. The van der Waals surface area contributed by atoms with E-state index in [0.717, 1.165) is 38.5 Å². The Morgan fingerprint density at radius 3 is 2.58 bits per heavy atom. The summed E-state index contributed by atoms with van der Waals surface area (Å²) in [6, 6.07) is 6.95. The Morgan fingerprint density at radius 1 is 1.17 bits per heavy atom. The lowest BCUT2D eigenvalue weighted by molar-refractivity contribution is 0.0247. The highest BCUT2D eigenvalue weighted by Crippen LogP contribution is 2.26. The topological polar surface area (TPSA) is 71.3 Å². The van der Waals surface area contributed by atoms with Crippen LogP contribution in [0.5, 0.6) is 0 Å². The average molecular weight is 328 g/mol. The summed E-state index contributed by atoms with van der Waals surface area (Å²) in [5.74, 6) is -0.244. The van der Waals surface area contributed by atoms with Crippen LogP contribution in [0.25, 0.3) is 10.8 Å². The van der Waals surface area contributed by atoms with Gasteiger partial charge in [0.2, 0.25) is 0 Å². The number of amides is 1. The number of rotatable bonds is 3. The molecule has 1 heterocycles. The number of hydrogen-bond acceptors (Lipinski definition) is 3. The lowest BCUT2D eigenvalue weighted by atomic mass is 9.94. The van der Waals surface area contributed by atoms with E-state index >= 15 is 0 Å². The number of benzene rings is 1. The Balaban J connectivity index is 1.82. The summed E-state index contributed by atoms with van der Waals surface area (Å²) in [4.78, 5) is 24.8. The maximum Gasteiger partial charge on any atom is 0.258 e. The number of fused-ring (bicyclic) bond motifs is 1. The van der Waals surface area contributed by atoms with Crippen molar-refractivity contribution in [1.29, 1.82) is 0 Å². The first-order valence-corrected chi connectivity index (χ1v) is 8.59. The molecule has 3 rings (SSSR count). The fourth-order valence-electron chi connectivity index (χ4n) is 3.48. The molecule has 0 atom stereocenters. The van der Waals surface area contributed by atoms with Gasteiger partial charge >= 0.3 is 0 Å². The van der Waals surface area contributed by atoms with Gasteiger partial charge in [0.05, 0.1) is 5.60 Å². The van der Waals surface area contributed by atoms with E-state index in [1.807, 2.05) is 0 Å². The van der Waals surface area contributed by atoms with Crippen LogP contribution in [0, 0.1) is 0 Å². The molecule has 24 heavy (non-hydrogen) atoms. The molecule has 5 heteroatoms. The molecule has 1 amide bonds. The molecular weight excluding hydrogens is 304 g/mol. The molecule has 1 aliphatic carbocycles. The summed E-state index contributed by atoms with van der Waals surface area (Å²) in [7, 11) is 1.69. The number of hydrogen-bond donors (Lipinski definition) is 2. The van der Waals surface area contributed by atoms with Crippen LogP contribution < -0.4 is 10.9 Å². The predicted octanol–water partition coefficient (Wildman–Crippen LogP) is 2.35. The van der Waals surface area contributed by atoms with Gasteiger partial charge in [-0.05, 0) is 31.0 Å². The van der Waals surface area contributed by atoms with Crippen molar-refractivity contribution in [3.8, 4) is 0 Å². The van der Waals surface area contributed by atoms with Crippen LogP contribution in [-0.2, 0) is 7.05 Å². The summed E-state index contributed by atoms with van der Waals surface area (Å²) in [6.07, 6.45) is 7.39. The van der Waals surface area contributed by atoms with Gasteiger partial charge in [-0.3, -0.25) is 9.59 Å². The Bertz CT molecular complexity index is 802. The Hall–Kier alpha value is -2.14. The van der Waals surface area contributed by atoms with Gasteiger partial charge in [-0.1, -0.05) is 31.7 Å². The first-order chi connectivity index (χ1) is 11.5. The molecule has 5 nitrogen and oxygen atoms in total. The quantitative estimate of drug-likeness (QED) is 0.850. The monoisotopic (exact) mass is 328 g/mol. The fraction of sp³-hybridized carbons (Fsp3) is 0.474. The van der Waals surface area contributed by atoms with Crippen LogP contribution in [0.3, 0.4) is 0 Å². The molecule has 0 saturated heterocycles. The zero-order chi connectivity index (χ0) is 17.2. The van der Waals surface area contributed by atoms with Crippen molar-refractivity contribution >= 4 is 16.7 Å². The number of carbonyl (C=O) groups is 1. The third kappa shape index (κ3) is 3.36. The highest BCUT2D eigenvalue weighted by Gasteiger charge is 2.28. The summed E-state index contributed by atoms with van der Waals surface area (Å²) >= 11 is 0.